The molecule has 0 saturated heterocycles. The van der Waals surface area contributed by atoms with E-state index >= 15 is 0 Å². The number of aryl methyl sites for hydroxylation is 1. The SMILES string of the molecule is COC(=O)C[C@H]1CCc2ccc(OCc3ccccc3)cc21. The van der Waals surface area contributed by atoms with Gasteiger partial charge in [0.05, 0.1) is 13.5 Å². The molecule has 2 aromatic rings. The summed E-state index contributed by atoms with van der Waals surface area (Å²) in [6, 6.07) is 16.3. The molecule has 3 heteroatoms. The van der Waals surface area contributed by atoms with E-state index in [1.54, 1.807) is 0 Å². The first kappa shape index (κ1) is 14.6. The van der Waals surface area contributed by atoms with Crippen molar-refractivity contribution in [2.45, 2.75) is 31.8 Å². The Morgan fingerprint density at radius 1 is 1.18 bits per heavy atom. The zero-order chi connectivity index (χ0) is 15.4. The number of hydrogen-bond donors (Lipinski definition) is 0. The maximum Gasteiger partial charge on any atom is 0.306 e. The molecule has 0 radical (unpaired) electrons. The maximum atomic E-state index is 11.5. The summed E-state index contributed by atoms with van der Waals surface area (Å²) in [6.45, 7) is 0.557. The van der Waals surface area contributed by atoms with Gasteiger partial charge < -0.3 is 9.47 Å². The van der Waals surface area contributed by atoms with Gasteiger partial charge in [-0.15, -0.1) is 0 Å². The Morgan fingerprint density at radius 2 is 2.00 bits per heavy atom. The van der Waals surface area contributed by atoms with E-state index in [0.29, 0.717) is 13.0 Å². The van der Waals surface area contributed by atoms with Gasteiger partial charge in [0.1, 0.15) is 12.4 Å². The number of esters is 1. The summed E-state index contributed by atoms with van der Waals surface area (Å²) >= 11 is 0. The molecule has 0 spiro atoms. The van der Waals surface area contributed by atoms with Crippen LogP contribution in [0.4, 0.5) is 0 Å². The lowest BCUT2D eigenvalue weighted by Crippen LogP contribution is -2.06. The van der Waals surface area contributed by atoms with Crippen molar-refractivity contribution in [2.24, 2.45) is 0 Å². The Balaban J connectivity index is 1.70. The Hall–Kier alpha value is -2.29. The third-order valence-electron chi connectivity index (χ3n) is 4.21. The molecule has 2 aromatic carbocycles. The van der Waals surface area contributed by atoms with Crippen molar-refractivity contribution in [2.75, 3.05) is 7.11 Å². The Labute approximate surface area is 130 Å². The molecule has 0 amide bonds. The molecule has 3 rings (SSSR count). The van der Waals surface area contributed by atoms with Crippen LogP contribution in [0.3, 0.4) is 0 Å². The highest BCUT2D eigenvalue weighted by Gasteiger charge is 2.25. The van der Waals surface area contributed by atoms with Crippen molar-refractivity contribution in [1.82, 2.24) is 0 Å². The predicted octanol–water partition coefficient (Wildman–Crippen LogP) is 3.86. The Morgan fingerprint density at radius 3 is 2.77 bits per heavy atom. The summed E-state index contributed by atoms with van der Waals surface area (Å²) < 4.78 is 10.7. The largest absolute Gasteiger partial charge is 0.489 e. The van der Waals surface area contributed by atoms with Crippen molar-refractivity contribution in [3.63, 3.8) is 0 Å². The van der Waals surface area contributed by atoms with Crippen molar-refractivity contribution in [1.29, 1.82) is 0 Å². The lowest BCUT2D eigenvalue weighted by molar-refractivity contribution is -0.141. The van der Waals surface area contributed by atoms with Crippen molar-refractivity contribution < 1.29 is 14.3 Å². The molecule has 0 aromatic heterocycles. The number of fused-ring (bicyclic) bond motifs is 1. The van der Waals surface area contributed by atoms with Gasteiger partial charge in [-0.1, -0.05) is 36.4 Å². The van der Waals surface area contributed by atoms with Gasteiger partial charge in [0.2, 0.25) is 0 Å². The molecule has 1 aliphatic carbocycles. The van der Waals surface area contributed by atoms with E-state index in [0.717, 1.165) is 24.2 Å². The van der Waals surface area contributed by atoms with Crippen LogP contribution in [0.25, 0.3) is 0 Å². The third kappa shape index (κ3) is 3.30. The van der Waals surface area contributed by atoms with E-state index in [1.165, 1.54) is 18.2 Å². The van der Waals surface area contributed by atoms with Crippen molar-refractivity contribution in [3.05, 3.63) is 65.2 Å². The highest BCUT2D eigenvalue weighted by molar-refractivity contribution is 5.70. The molecule has 22 heavy (non-hydrogen) atoms. The molecular weight excluding hydrogens is 276 g/mol. The van der Waals surface area contributed by atoms with E-state index in [4.69, 9.17) is 9.47 Å². The highest BCUT2D eigenvalue weighted by Crippen LogP contribution is 2.37. The average molecular weight is 296 g/mol. The number of carbonyl (C=O) groups excluding carboxylic acids is 1. The fourth-order valence-electron chi connectivity index (χ4n) is 2.99. The number of benzene rings is 2. The summed E-state index contributed by atoms with van der Waals surface area (Å²) in [5, 5.41) is 0. The summed E-state index contributed by atoms with van der Waals surface area (Å²) in [6.07, 6.45) is 2.48. The summed E-state index contributed by atoms with van der Waals surface area (Å²) in [4.78, 5) is 11.5. The van der Waals surface area contributed by atoms with Gasteiger partial charge in [-0.25, -0.2) is 0 Å². The molecule has 0 aliphatic heterocycles. The first-order valence-corrected chi connectivity index (χ1v) is 7.62. The van der Waals surface area contributed by atoms with Gasteiger partial charge in [0.25, 0.3) is 0 Å². The Bertz CT molecular complexity index is 649. The number of hydrogen-bond acceptors (Lipinski definition) is 3. The van der Waals surface area contributed by atoms with E-state index in [9.17, 15) is 4.79 Å². The molecule has 114 valence electrons. The topological polar surface area (TPSA) is 35.5 Å². The lowest BCUT2D eigenvalue weighted by Gasteiger charge is -2.12. The normalized spacial score (nSPS) is 16.1. The number of carbonyl (C=O) groups is 1. The van der Waals surface area contributed by atoms with E-state index < -0.39 is 0 Å². The van der Waals surface area contributed by atoms with Gasteiger partial charge in [0.15, 0.2) is 0 Å². The quantitative estimate of drug-likeness (QED) is 0.786. The molecule has 1 atom stereocenters. The van der Waals surface area contributed by atoms with Crippen LogP contribution in [0, 0.1) is 0 Å². The second-order valence-corrected chi connectivity index (χ2v) is 5.65. The van der Waals surface area contributed by atoms with Gasteiger partial charge >= 0.3 is 5.97 Å². The number of methoxy groups -OCH3 is 1. The number of rotatable bonds is 5. The zero-order valence-electron chi connectivity index (χ0n) is 12.7. The average Bonchev–Trinajstić information content (AvgIpc) is 2.96. The standard InChI is InChI=1S/C19H20O3/c1-21-19(20)11-16-8-7-15-9-10-17(12-18(15)16)22-13-14-5-3-2-4-6-14/h2-6,9-10,12,16H,7-8,11,13H2,1H3/t16-/m1/s1. The van der Waals surface area contributed by atoms with E-state index in [-0.39, 0.29) is 11.9 Å². The van der Waals surface area contributed by atoms with Crippen molar-refractivity contribution >= 4 is 5.97 Å². The third-order valence-corrected chi connectivity index (χ3v) is 4.21. The first-order valence-electron chi connectivity index (χ1n) is 7.62. The molecule has 1 aliphatic rings. The van der Waals surface area contributed by atoms with Gasteiger partial charge in [-0.3, -0.25) is 4.79 Å². The van der Waals surface area contributed by atoms with Crippen LogP contribution >= 0.6 is 0 Å². The highest BCUT2D eigenvalue weighted by atomic mass is 16.5. The predicted molar refractivity (Wildman–Crippen MR) is 84.9 cm³/mol. The van der Waals surface area contributed by atoms with Crippen LogP contribution in [-0.2, 0) is 22.6 Å². The van der Waals surface area contributed by atoms with E-state index in [2.05, 4.69) is 12.1 Å². The second-order valence-electron chi connectivity index (χ2n) is 5.65. The van der Waals surface area contributed by atoms with Crippen LogP contribution in [0.15, 0.2) is 48.5 Å². The zero-order valence-corrected chi connectivity index (χ0v) is 12.7. The smallest absolute Gasteiger partial charge is 0.306 e. The maximum absolute atomic E-state index is 11.5. The minimum Gasteiger partial charge on any atom is -0.489 e. The van der Waals surface area contributed by atoms with Crippen LogP contribution in [0.2, 0.25) is 0 Å². The molecule has 0 unspecified atom stereocenters. The van der Waals surface area contributed by atoms with Crippen molar-refractivity contribution in [3.8, 4) is 5.75 Å². The second kappa shape index (κ2) is 6.65. The summed E-state index contributed by atoms with van der Waals surface area (Å²) in [5.41, 5.74) is 3.70. The van der Waals surface area contributed by atoms with Crippen LogP contribution < -0.4 is 4.74 Å². The minimum absolute atomic E-state index is 0.145. The number of ether oxygens (including phenoxy) is 2. The fourth-order valence-corrected chi connectivity index (χ4v) is 2.99. The van der Waals surface area contributed by atoms with Crippen LogP contribution in [0.1, 0.15) is 35.4 Å². The van der Waals surface area contributed by atoms with Crippen LogP contribution in [0.5, 0.6) is 5.75 Å². The lowest BCUT2D eigenvalue weighted by atomic mass is 9.98. The van der Waals surface area contributed by atoms with Gasteiger partial charge in [-0.2, -0.15) is 0 Å². The fraction of sp³-hybridized carbons (Fsp3) is 0.316. The van der Waals surface area contributed by atoms with Gasteiger partial charge in [0, 0.05) is 0 Å². The summed E-state index contributed by atoms with van der Waals surface area (Å²) in [7, 11) is 1.44. The van der Waals surface area contributed by atoms with E-state index in [1.807, 2.05) is 36.4 Å². The Kier molecular flexibility index (Phi) is 4.42. The minimum atomic E-state index is -0.145. The monoisotopic (exact) mass is 296 g/mol. The molecule has 0 saturated carbocycles. The molecule has 0 fully saturated rings. The molecular formula is C19H20O3. The van der Waals surface area contributed by atoms with Crippen LogP contribution in [-0.4, -0.2) is 13.1 Å². The first-order chi connectivity index (χ1) is 10.8. The summed E-state index contributed by atoms with van der Waals surface area (Å²) in [5.74, 6) is 0.968. The molecule has 0 N–H and O–H groups in total. The van der Waals surface area contributed by atoms with Gasteiger partial charge in [-0.05, 0) is 47.6 Å². The molecule has 3 nitrogen and oxygen atoms in total. The molecule has 0 bridgehead atoms. The molecule has 0 heterocycles.